The van der Waals surface area contributed by atoms with Crippen LogP contribution < -0.4 is 5.32 Å². The van der Waals surface area contributed by atoms with Crippen molar-refractivity contribution < 1.29 is 0 Å². The SMILES string of the molecule is C=CCCNCc1cc(C)n(C)c1C. The Balaban J connectivity index is 2.50. The third-order valence-electron chi connectivity index (χ3n) is 2.72. The van der Waals surface area contributed by atoms with Crippen molar-refractivity contribution >= 4 is 0 Å². The summed E-state index contributed by atoms with van der Waals surface area (Å²) in [5.74, 6) is 0. The Kier molecular flexibility index (Phi) is 3.96. The molecule has 2 heteroatoms. The largest absolute Gasteiger partial charge is 0.352 e. The zero-order valence-electron chi connectivity index (χ0n) is 9.43. The number of hydrogen-bond donors (Lipinski definition) is 1. The molecule has 0 aromatic carbocycles. The van der Waals surface area contributed by atoms with Gasteiger partial charge in [-0.15, -0.1) is 6.58 Å². The van der Waals surface area contributed by atoms with Crippen LogP contribution in [0.3, 0.4) is 0 Å². The van der Waals surface area contributed by atoms with Gasteiger partial charge in [-0.05, 0) is 38.4 Å². The summed E-state index contributed by atoms with van der Waals surface area (Å²) >= 11 is 0. The molecule has 0 amide bonds. The molecule has 1 heterocycles. The first-order chi connectivity index (χ1) is 6.66. The highest BCUT2D eigenvalue weighted by atomic mass is 15.0. The average molecular weight is 192 g/mol. The van der Waals surface area contributed by atoms with Crippen LogP contribution in [0.1, 0.15) is 23.4 Å². The second-order valence-electron chi connectivity index (χ2n) is 3.71. The van der Waals surface area contributed by atoms with Crippen molar-refractivity contribution in [2.45, 2.75) is 26.8 Å². The number of nitrogens with one attached hydrogen (secondary N) is 1. The summed E-state index contributed by atoms with van der Waals surface area (Å²) in [6.45, 7) is 9.97. The minimum atomic E-state index is 0.960. The predicted molar refractivity (Wildman–Crippen MR) is 61.4 cm³/mol. The molecule has 14 heavy (non-hydrogen) atoms. The third-order valence-corrected chi connectivity index (χ3v) is 2.72. The van der Waals surface area contributed by atoms with Crippen LogP contribution in [-0.2, 0) is 13.6 Å². The van der Waals surface area contributed by atoms with E-state index in [4.69, 9.17) is 0 Å². The summed E-state index contributed by atoms with van der Waals surface area (Å²) in [4.78, 5) is 0. The van der Waals surface area contributed by atoms with Gasteiger partial charge in [0.2, 0.25) is 0 Å². The Morgan fingerprint density at radius 1 is 1.50 bits per heavy atom. The Morgan fingerprint density at radius 2 is 2.21 bits per heavy atom. The van der Waals surface area contributed by atoms with E-state index in [1.807, 2.05) is 6.08 Å². The Hall–Kier alpha value is -1.02. The van der Waals surface area contributed by atoms with Gasteiger partial charge in [0.1, 0.15) is 0 Å². The Bertz CT molecular complexity index is 310. The summed E-state index contributed by atoms with van der Waals surface area (Å²) in [6.07, 6.45) is 2.97. The molecule has 1 aromatic heterocycles. The van der Waals surface area contributed by atoms with Crippen molar-refractivity contribution in [3.8, 4) is 0 Å². The Morgan fingerprint density at radius 3 is 2.71 bits per heavy atom. The molecule has 2 nitrogen and oxygen atoms in total. The number of rotatable bonds is 5. The van der Waals surface area contributed by atoms with Crippen LogP contribution >= 0.6 is 0 Å². The molecule has 0 aliphatic heterocycles. The summed E-state index contributed by atoms with van der Waals surface area (Å²) in [5, 5.41) is 3.40. The van der Waals surface area contributed by atoms with E-state index in [0.717, 1.165) is 19.5 Å². The number of hydrogen-bond acceptors (Lipinski definition) is 1. The molecule has 1 rings (SSSR count). The van der Waals surface area contributed by atoms with Gasteiger partial charge >= 0.3 is 0 Å². The van der Waals surface area contributed by atoms with Gasteiger partial charge in [0.15, 0.2) is 0 Å². The molecule has 1 N–H and O–H groups in total. The van der Waals surface area contributed by atoms with Gasteiger partial charge in [-0.1, -0.05) is 6.08 Å². The summed E-state index contributed by atoms with van der Waals surface area (Å²) < 4.78 is 2.23. The molecule has 0 bridgehead atoms. The van der Waals surface area contributed by atoms with E-state index in [-0.39, 0.29) is 0 Å². The van der Waals surface area contributed by atoms with Gasteiger partial charge in [0.25, 0.3) is 0 Å². The zero-order chi connectivity index (χ0) is 10.6. The molecule has 0 saturated heterocycles. The molecular formula is C12H20N2. The van der Waals surface area contributed by atoms with E-state index in [0.29, 0.717) is 0 Å². The molecule has 0 fully saturated rings. The van der Waals surface area contributed by atoms with E-state index in [2.05, 4.69) is 43.4 Å². The van der Waals surface area contributed by atoms with Gasteiger partial charge in [-0.3, -0.25) is 0 Å². The monoisotopic (exact) mass is 192 g/mol. The minimum Gasteiger partial charge on any atom is -0.352 e. The van der Waals surface area contributed by atoms with Crippen LogP contribution in [-0.4, -0.2) is 11.1 Å². The molecule has 0 aliphatic carbocycles. The number of aryl methyl sites for hydroxylation is 1. The maximum atomic E-state index is 3.70. The van der Waals surface area contributed by atoms with Crippen molar-refractivity contribution in [1.82, 2.24) is 9.88 Å². The molecular weight excluding hydrogens is 172 g/mol. The molecule has 0 radical (unpaired) electrons. The molecule has 78 valence electrons. The van der Waals surface area contributed by atoms with E-state index in [1.54, 1.807) is 0 Å². The lowest BCUT2D eigenvalue weighted by atomic mass is 10.2. The fourth-order valence-electron chi connectivity index (χ4n) is 1.54. The lowest BCUT2D eigenvalue weighted by molar-refractivity contribution is 0.690. The van der Waals surface area contributed by atoms with Gasteiger partial charge in [-0.2, -0.15) is 0 Å². The van der Waals surface area contributed by atoms with Crippen molar-refractivity contribution in [2.24, 2.45) is 7.05 Å². The first-order valence-corrected chi connectivity index (χ1v) is 5.10. The first-order valence-electron chi connectivity index (χ1n) is 5.10. The molecule has 0 atom stereocenters. The van der Waals surface area contributed by atoms with Crippen molar-refractivity contribution in [1.29, 1.82) is 0 Å². The van der Waals surface area contributed by atoms with Crippen molar-refractivity contribution in [3.05, 3.63) is 35.7 Å². The lowest BCUT2D eigenvalue weighted by Crippen LogP contribution is -2.14. The zero-order valence-corrected chi connectivity index (χ0v) is 9.43. The number of aromatic nitrogens is 1. The van der Waals surface area contributed by atoms with Crippen LogP contribution in [0.2, 0.25) is 0 Å². The topological polar surface area (TPSA) is 17.0 Å². The third kappa shape index (κ3) is 2.48. The highest BCUT2D eigenvalue weighted by Crippen LogP contribution is 2.12. The quantitative estimate of drug-likeness (QED) is 0.559. The van der Waals surface area contributed by atoms with Crippen molar-refractivity contribution in [2.75, 3.05) is 6.54 Å². The maximum absolute atomic E-state index is 3.70. The van der Waals surface area contributed by atoms with E-state index in [1.165, 1.54) is 17.0 Å². The van der Waals surface area contributed by atoms with Gasteiger partial charge in [-0.25, -0.2) is 0 Å². The standard InChI is InChI=1S/C12H20N2/c1-5-6-7-13-9-12-8-10(2)14(4)11(12)3/h5,8,13H,1,6-7,9H2,2-4H3. The normalized spacial score (nSPS) is 10.5. The fourth-order valence-corrected chi connectivity index (χ4v) is 1.54. The summed E-state index contributed by atoms with van der Waals surface area (Å²) in [7, 11) is 2.11. The molecule has 0 saturated carbocycles. The van der Waals surface area contributed by atoms with Crippen LogP contribution in [0.4, 0.5) is 0 Å². The summed E-state index contributed by atoms with van der Waals surface area (Å²) in [5.41, 5.74) is 4.07. The maximum Gasteiger partial charge on any atom is 0.0223 e. The summed E-state index contributed by atoms with van der Waals surface area (Å²) in [6, 6.07) is 2.25. The van der Waals surface area contributed by atoms with Crippen LogP contribution in [0.25, 0.3) is 0 Å². The second kappa shape index (κ2) is 5.01. The van der Waals surface area contributed by atoms with E-state index in [9.17, 15) is 0 Å². The first kappa shape index (κ1) is 11.1. The smallest absolute Gasteiger partial charge is 0.0223 e. The molecule has 0 aliphatic rings. The van der Waals surface area contributed by atoms with Crippen LogP contribution in [0.5, 0.6) is 0 Å². The van der Waals surface area contributed by atoms with Crippen LogP contribution in [0.15, 0.2) is 18.7 Å². The highest BCUT2D eigenvalue weighted by Gasteiger charge is 2.04. The molecule has 1 aromatic rings. The van der Waals surface area contributed by atoms with Gasteiger partial charge < -0.3 is 9.88 Å². The Labute approximate surface area is 86.6 Å². The predicted octanol–water partition coefficient (Wildman–Crippen LogP) is 2.31. The number of nitrogens with zero attached hydrogens (tertiary/aromatic N) is 1. The van der Waals surface area contributed by atoms with Gasteiger partial charge in [0, 0.05) is 25.0 Å². The van der Waals surface area contributed by atoms with E-state index >= 15 is 0 Å². The van der Waals surface area contributed by atoms with Gasteiger partial charge in [0.05, 0.1) is 0 Å². The fraction of sp³-hybridized carbons (Fsp3) is 0.500. The van der Waals surface area contributed by atoms with Crippen molar-refractivity contribution in [3.63, 3.8) is 0 Å². The average Bonchev–Trinajstić information content (AvgIpc) is 2.41. The molecule has 0 spiro atoms. The highest BCUT2D eigenvalue weighted by molar-refractivity contribution is 5.26. The van der Waals surface area contributed by atoms with Crippen LogP contribution in [0, 0.1) is 13.8 Å². The molecule has 0 unspecified atom stereocenters. The second-order valence-corrected chi connectivity index (χ2v) is 3.71. The van der Waals surface area contributed by atoms with E-state index < -0.39 is 0 Å². The minimum absolute atomic E-state index is 0.960. The lowest BCUT2D eigenvalue weighted by Gasteiger charge is -2.03.